The lowest BCUT2D eigenvalue weighted by Gasteiger charge is -2.41. The van der Waals surface area contributed by atoms with Gasteiger partial charge < -0.3 is 16.0 Å². The van der Waals surface area contributed by atoms with Crippen LogP contribution in [0.2, 0.25) is 0 Å². The first-order chi connectivity index (χ1) is 8.53. The van der Waals surface area contributed by atoms with Crippen molar-refractivity contribution in [1.29, 1.82) is 0 Å². The maximum atomic E-state index is 5.73. The summed E-state index contributed by atoms with van der Waals surface area (Å²) in [5.74, 6) is 0.757. The van der Waals surface area contributed by atoms with Crippen molar-refractivity contribution in [2.45, 2.75) is 32.2 Å². The van der Waals surface area contributed by atoms with Crippen LogP contribution in [0.15, 0.2) is 24.3 Å². The van der Waals surface area contributed by atoms with Crippen molar-refractivity contribution in [2.75, 3.05) is 30.8 Å². The van der Waals surface area contributed by atoms with Crippen LogP contribution in [0.5, 0.6) is 0 Å². The number of nitrogens with one attached hydrogen (secondary N) is 1. The fraction of sp³-hybridized carbons (Fsp3) is 0.600. The molecule has 1 aliphatic heterocycles. The Balaban J connectivity index is 1.96. The zero-order valence-electron chi connectivity index (χ0n) is 11.7. The maximum absolute atomic E-state index is 5.73. The van der Waals surface area contributed by atoms with Gasteiger partial charge in [0.05, 0.1) is 0 Å². The second kappa shape index (κ2) is 5.19. The van der Waals surface area contributed by atoms with E-state index in [0.717, 1.165) is 24.7 Å². The van der Waals surface area contributed by atoms with E-state index in [-0.39, 0.29) is 5.54 Å². The van der Waals surface area contributed by atoms with E-state index >= 15 is 0 Å². The molecule has 3 nitrogen and oxygen atoms in total. The van der Waals surface area contributed by atoms with E-state index in [4.69, 9.17) is 5.73 Å². The first-order valence-electron chi connectivity index (χ1n) is 6.82. The van der Waals surface area contributed by atoms with Crippen LogP contribution in [0.3, 0.4) is 0 Å². The summed E-state index contributed by atoms with van der Waals surface area (Å²) in [6.07, 6.45) is 2.50. The zero-order chi connectivity index (χ0) is 13.2. The molecule has 3 N–H and O–H groups in total. The van der Waals surface area contributed by atoms with Gasteiger partial charge >= 0.3 is 0 Å². The Bertz CT molecular complexity index is 375. The van der Waals surface area contributed by atoms with Crippen molar-refractivity contribution in [3.63, 3.8) is 0 Å². The molecular formula is C15H25N3. The molecule has 1 aromatic carbocycles. The molecule has 0 spiro atoms. The monoisotopic (exact) mass is 247 g/mol. The Kier molecular flexibility index (Phi) is 3.81. The minimum Gasteiger partial charge on any atom is -0.399 e. The Morgan fingerprint density at radius 3 is 2.22 bits per heavy atom. The molecule has 1 fully saturated rings. The molecule has 0 bridgehead atoms. The zero-order valence-corrected chi connectivity index (χ0v) is 11.7. The summed E-state index contributed by atoms with van der Waals surface area (Å²) >= 11 is 0. The van der Waals surface area contributed by atoms with Gasteiger partial charge in [-0.05, 0) is 63.9 Å². The number of benzene rings is 1. The molecule has 0 aliphatic carbocycles. The standard InChI is InChI=1S/C15H25N3/c1-15(2,17-3)12-8-10-18(11-9-12)14-6-4-13(16)5-7-14/h4-7,12,17H,8-11,16H2,1-3H3. The van der Waals surface area contributed by atoms with Gasteiger partial charge in [-0.25, -0.2) is 0 Å². The molecule has 100 valence electrons. The van der Waals surface area contributed by atoms with Crippen molar-refractivity contribution < 1.29 is 0 Å². The summed E-state index contributed by atoms with van der Waals surface area (Å²) in [7, 11) is 2.06. The van der Waals surface area contributed by atoms with Gasteiger partial charge in [0.25, 0.3) is 0 Å². The highest BCUT2D eigenvalue weighted by molar-refractivity contribution is 5.53. The average Bonchev–Trinajstić information content (AvgIpc) is 2.40. The first kappa shape index (κ1) is 13.2. The lowest BCUT2D eigenvalue weighted by molar-refractivity contribution is 0.226. The van der Waals surface area contributed by atoms with Gasteiger partial charge in [-0.15, -0.1) is 0 Å². The summed E-state index contributed by atoms with van der Waals surface area (Å²) in [5.41, 5.74) is 8.10. The van der Waals surface area contributed by atoms with Crippen LogP contribution in [0.1, 0.15) is 26.7 Å². The van der Waals surface area contributed by atoms with Gasteiger partial charge in [-0.1, -0.05) is 0 Å². The van der Waals surface area contributed by atoms with Crippen molar-refractivity contribution in [3.05, 3.63) is 24.3 Å². The van der Waals surface area contributed by atoms with Crippen LogP contribution < -0.4 is 16.0 Å². The highest BCUT2D eigenvalue weighted by Crippen LogP contribution is 2.30. The molecule has 2 rings (SSSR count). The molecule has 0 saturated carbocycles. The SMILES string of the molecule is CNC(C)(C)C1CCN(c2ccc(N)cc2)CC1. The highest BCUT2D eigenvalue weighted by atomic mass is 15.1. The van der Waals surface area contributed by atoms with Gasteiger partial charge in [0.15, 0.2) is 0 Å². The van der Waals surface area contributed by atoms with Crippen LogP contribution in [-0.2, 0) is 0 Å². The molecule has 18 heavy (non-hydrogen) atoms. The van der Waals surface area contributed by atoms with Gasteiger partial charge in [-0.2, -0.15) is 0 Å². The van der Waals surface area contributed by atoms with E-state index in [1.54, 1.807) is 0 Å². The predicted octanol–water partition coefficient (Wildman–Crippen LogP) is 2.48. The Morgan fingerprint density at radius 1 is 1.17 bits per heavy atom. The number of anilines is 2. The number of nitrogens with zero attached hydrogens (tertiary/aromatic N) is 1. The molecule has 0 aromatic heterocycles. The number of nitrogens with two attached hydrogens (primary N) is 1. The summed E-state index contributed by atoms with van der Waals surface area (Å²) in [6, 6.07) is 8.22. The van der Waals surface area contributed by atoms with Crippen LogP contribution in [-0.4, -0.2) is 25.7 Å². The lowest BCUT2D eigenvalue weighted by atomic mass is 9.80. The minimum absolute atomic E-state index is 0.243. The van der Waals surface area contributed by atoms with Gasteiger partial charge in [-0.3, -0.25) is 0 Å². The molecule has 0 unspecified atom stereocenters. The summed E-state index contributed by atoms with van der Waals surface area (Å²) in [6.45, 7) is 6.88. The largest absolute Gasteiger partial charge is 0.399 e. The Morgan fingerprint density at radius 2 is 1.72 bits per heavy atom. The van der Waals surface area contributed by atoms with Crippen LogP contribution in [0.25, 0.3) is 0 Å². The number of hydrogen-bond donors (Lipinski definition) is 2. The maximum Gasteiger partial charge on any atom is 0.0367 e. The fourth-order valence-corrected chi connectivity index (χ4v) is 2.75. The lowest BCUT2D eigenvalue weighted by Crippen LogP contribution is -2.48. The first-order valence-corrected chi connectivity index (χ1v) is 6.82. The Hall–Kier alpha value is -1.22. The summed E-state index contributed by atoms with van der Waals surface area (Å²) in [5, 5.41) is 3.44. The normalized spacial score (nSPS) is 18.1. The quantitative estimate of drug-likeness (QED) is 0.806. The average molecular weight is 247 g/mol. The Labute approximate surface area is 110 Å². The van der Waals surface area contributed by atoms with Gasteiger partial charge in [0.1, 0.15) is 0 Å². The number of rotatable bonds is 3. The third-order valence-electron chi connectivity index (χ3n) is 4.42. The molecule has 1 aromatic rings. The third-order valence-corrected chi connectivity index (χ3v) is 4.42. The molecular weight excluding hydrogens is 222 g/mol. The van der Waals surface area contributed by atoms with Gasteiger partial charge in [0, 0.05) is 30.0 Å². The van der Waals surface area contributed by atoms with Crippen molar-refractivity contribution in [1.82, 2.24) is 5.32 Å². The topological polar surface area (TPSA) is 41.3 Å². The van der Waals surface area contributed by atoms with E-state index < -0.39 is 0 Å². The molecule has 0 amide bonds. The van der Waals surface area contributed by atoms with Crippen LogP contribution in [0.4, 0.5) is 11.4 Å². The second-order valence-corrected chi connectivity index (χ2v) is 5.82. The number of piperidine rings is 1. The summed E-state index contributed by atoms with van der Waals surface area (Å²) < 4.78 is 0. The van der Waals surface area contributed by atoms with Crippen LogP contribution in [0, 0.1) is 5.92 Å². The van der Waals surface area contributed by atoms with Crippen molar-refractivity contribution in [2.24, 2.45) is 5.92 Å². The second-order valence-electron chi connectivity index (χ2n) is 5.82. The molecule has 0 radical (unpaired) electrons. The smallest absolute Gasteiger partial charge is 0.0367 e. The molecule has 1 aliphatic rings. The van der Waals surface area contributed by atoms with E-state index in [1.165, 1.54) is 18.5 Å². The van der Waals surface area contributed by atoms with E-state index in [9.17, 15) is 0 Å². The van der Waals surface area contributed by atoms with Crippen molar-refractivity contribution >= 4 is 11.4 Å². The molecule has 3 heteroatoms. The molecule has 1 heterocycles. The van der Waals surface area contributed by atoms with E-state index in [1.807, 2.05) is 12.1 Å². The van der Waals surface area contributed by atoms with Crippen LogP contribution >= 0.6 is 0 Å². The minimum atomic E-state index is 0.243. The van der Waals surface area contributed by atoms with E-state index in [2.05, 4.69) is 43.2 Å². The molecule has 0 atom stereocenters. The molecule has 1 saturated heterocycles. The fourth-order valence-electron chi connectivity index (χ4n) is 2.75. The predicted molar refractivity (Wildman–Crippen MR) is 78.9 cm³/mol. The third kappa shape index (κ3) is 2.78. The summed E-state index contributed by atoms with van der Waals surface area (Å²) in [4.78, 5) is 2.46. The highest BCUT2D eigenvalue weighted by Gasteiger charge is 2.31. The number of hydrogen-bond acceptors (Lipinski definition) is 3. The van der Waals surface area contributed by atoms with E-state index in [0.29, 0.717) is 0 Å². The van der Waals surface area contributed by atoms with Gasteiger partial charge in [0.2, 0.25) is 0 Å². The van der Waals surface area contributed by atoms with Crippen molar-refractivity contribution in [3.8, 4) is 0 Å². The number of nitrogen functional groups attached to an aromatic ring is 1.